The highest BCUT2D eigenvalue weighted by molar-refractivity contribution is 9.10. The summed E-state index contributed by atoms with van der Waals surface area (Å²) in [6, 6.07) is 10.4. The number of nitrogen functional groups attached to an aromatic ring is 1. The van der Waals surface area contributed by atoms with E-state index in [0.717, 1.165) is 10.0 Å². The minimum Gasteiger partial charge on any atom is -0.398 e. The van der Waals surface area contributed by atoms with Crippen molar-refractivity contribution in [2.45, 2.75) is 10.6 Å². The fourth-order valence-corrected chi connectivity index (χ4v) is 4.01. The lowest BCUT2D eigenvalue weighted by atomic mass is 10.2. The molecule has 0 spiro atoms. The molecule has 0 saturated heterocycles. The van der Waals surface area contributed by atoms with Gasteiger partial charge in [0.25, 0.3) is 0 Å². The van der Waals surface area contributed by atoms with Gasteiger partial charge in [-0.1, -0.05) is 35.3 Å². The highest BCUT2D eigenvalue weighted by Crippen LogP contribution is 2.29. The minimum atomic E-state index is -1.28. The zero-order chi connectivity index (χ0) is 14.0. The number of anilines is 1. The molecule has 6 heteroatoms. The molecule has 0 aliphatic heterocycles. The molecule has 0 aliphatic carbocycles. The predicted octanol–water partition coefficient (Wildman–Crippen LogP) is 4.65. The number of nitrogens with two attached hydrogens (primary N) is 1. The first-order chi connectivity index (χ1) is 8.99. The van der Waals surface area contributed by atoms with Gasteiger partial charge in [0.05, 0.1) is 26.5 Å². The molecule has 0 bridgehead atoms. The van der Waals surface area contributed by atoms with E-state index in [2.05, 4.69) is 15.9 Å². The van der Waals surface area contributed by atoms with Crippen molar-refractivity contribution in [2.24, 2.45) is 0 Å². The quantitative estimate of drug-likeness (QED) is 0.790. The van der Waals surface area contributed by atoms with Crippen molar-refractivity contribution in [3.05, 3.63) is 56.5 Å². The monoisotopic (exact) mass is 377 g/mol. The topological polar surface area (TPSA) is 43.1 Å². The Labute approximate surface area is 132 Å². The van der Waals surface area contributed by atoms with Gasteiger partial charge in [0.2, 0.25) is 0 Å². The summed E-state index contributed by atoms with van der Waals surface area (Å²) >= 11 is 15.3. The summed E-state index contributed by atoms with van der Waals surface area (Å²) in [5.74, 6) is 0.325. The number of hydrogen-bond donors (Lipinski definition) is 1. The van der Waals surface area contributed by atoms with E-state index in [-0.39, 0.29) is 0 Å². The molecular weight excluding hydrogens is 369 g/mol. The lowest BCUT2D eigenvalue weighted by molar-refractivity contribution is 0.682. The van der Waals surface area contributed by atoms with Gasteiger partial charge in [0, 0.05) is 15.2 Å². The van der Waals surface area contributed by atoms with Crippen LogP contribution in [-0.4, -0.2) is 4.21 Å². The molecular formula is C13H10BrCl2NOS. The van der Waals surface area contributed by atoms with E-state index in [4.69, 9.17) is 28.9 Å². The van der Waals surface area contributed by atoms with E-state index in [0.29, 0.717) is 26.4 Å². The number of benzene rings is 2. The maximum Gasteiger partial charge on any atom is 0.0592 e. The molecule has 2 aromatic rings. The van der Waals surface area contributed by atoms with Gasteiger partial charge in [-0.15, -0.1) is 0 Å². The molecule has 100 valence electrons. The van der Waals surface area contributed by atoms with Crippen molar-refractivity contribution in [3.8, 4) is 0 Å². The van der Waals surface area contributed by atoms with Crippen LogP contribution in [0, 0.1) is 0 Å². The van der Waals surface area contributed by atoms with Crippen LogP contribution in [0.3, 0.4) is 0 Å². The molecule has 19 heavy (non-hydrogen) atoms. The Bertz CT molecular complexity index is 649. The second kappa shape index (κ2) is 6.27. The molecule has 0 radical (unpaired) electrons. The van der Waals surface area contributed by atoms with Gasteiger partial charge in [-0.3, -0.25) is 4.21 Å². The maximum atomic E-state index is 12.4. The first-order valence-electron chi connectivity index (χ1n) is 5.35. The Morgan fingerprint density at radius 1 is 1.21 bits per heavy atom. The van der Waals surface area contributed by atoms with Crippen LogP contribution in [0.4, 0.5) is 5.69 Å². The van der Waals surface area contributed by atoms with Gasteiger partial charge in [-0.05, 0) is 45.8 Å². The maximum absolute atomic E-state index is 12.4. The second-order valence-corrected chi connectivity index (χ2v) is 6.94. The van der Waals surface area contributed by atoms with Gasteiger partial charge < -0.3 is 5.73 Å². The molecule has 2 nitrogen and oxygen atoms in total. The van der Waals surface area contributed by atoms with Gasteiger partial charge in [0.1, 0.15) is 0 Å². The molecule has 0 aromatic heterocycles. The summed E-state index contributed by atoms with van der Waals surface area (Å²) in [6.07, 6.45) is 0. The fraction of sp³-hybridized carbons (Fsp3) is 0.0769. The third-order valence-electron chi connectivity index (χ3n) is 2.53. The van der Waals surface area contributed by atoms with E-state index in [1.165, 1.54) is 0 Å². The SMILES string of the molecule is Nc1cccc(CS(=O)c2cc(Cl)ccc2Cl)c1Br. The van der Waals surface area contributed by atoms with Crippen molar-refractivity contribution in [2.75, 3.05) is 5.73 Å². The first kappa shape index (κ1) is 14.9. The van der Waals surface area contributed by atoms with Crippen LogP contribution in [-0.2, 0) is 16.6 Å². The van der Waals surface area contributed by atoms with Gasteiger partial charge in [0.15, 0.2) is 0 Å². The van der Waals surface area contributed by atoms with E-state index < -0.39 is 10.8 Å². The van der Waals surface area contributed by atoms with Crippen LogP contribution in [0.2, 0.25) is 10.0 Å². The molecule has 2 N–H and O–H groups in total. The van der Waals surface area contributed by atoms with Crippen LogP contribution in [0.15, 0.2) is 45.8 Å². The lowest BCUT2D eigenvalue weighted by Crippen LogP contribution is -2.00. The van der Waals surface area contributed by atoms with Crippen LogP contribution >= 0.6 is 39.1 Å². The van der Waals surface area contributed by atoms with Gasteiger partial charge in [-0.2, -0.15) is 0 Å². The standard InChI is InChI=1S/C13H10BrCl2NOS/c14-13-8(2-1-3-11(13)17)7-19(18)12-6-9(15)4-5-10(12)16/h1-6H,7,17H2. The van der Waals surface area contributed by atoms with Gasteiger partial charge in [-0.25, -0.2) is 0 Å². The van der Waals surface area contributed by atoms with Crippen molar-refractivity contribution >= 4 is 55.6 Å². The molecule has 2 rings (SSSR count). The van der Waals surface area contributed by atoms with Crippen LogP contribution in [0.1, 0.15) is 5.56 Å². The number of halogens is 3. The summed E-state index contributed by atoms with van der Waals surface area (Å²) in [5.41, 5.74) is 7.28. The van der Waals surface area contributed by atoms with E-state index >= 15 is 0 Å². The van der Waals surface area contributed by atoms with Crippen molar-refractivity contribution in [1.29, 1.82) is 0 Å². The average molecular weight is 379 g/mol. The summed E-state index contributed by atoms with van der Waals surface area (Å²) in [6.45, 7) is 0. The Kier molecular flexibility index (Phi) is 4.90. The van der Waals surface area contributed by atoms with E-state index in [1.807, 2.05) is 12.1 Å². The van der Waals surface area contributed by atoms with Crippen LogP contribution in [0.25, 0.3) is 0 Å². The van der Waals surface area contributed by atoms with E-state index in [1.54, 1.807) is 24.3 Å². The number of rotatable bonds is 3. The fourth-order valence-electron chi connectivity index (χ4n) is 1.58. The minimum absolute atomic E-state index is 0.325. The Balaban J connectivity index is 2.31. The van der Waals surface area contributed by atoms with Crippen molar-refractivity contribution in [3.63, 3.8) is 0 Å². The molecule has 0 heterocycles. The molecule has 1 atom stereocenters. The second-order valence-electron chi connectivity index (χ2n) is 3.88. The zero-order valence-electron chi connectivity index (χ0n) is 9.70. The first-order valence-corrected chi connectivity index (χ1v) is 8.22. The molecule has 1 unspecified atom stereocenters. The molecule has 0 amide bonds. The lowest BCUT2D eigenvalue weighted by Gasteiger charge is -2.08. The highest BCUT2D eigenvalue weighted by Gasteiger charge is 2.13. The Morgan fingerprint density at radius 3 is 2.68 bits per heavy atom. The Hall–Kier alpha value is -0.550. The average Bonchev–Trinajstić information content (AvgIpc) is 2.38. The van der Waals surface area contributed by atoms with Crippen molar-refractivity contribution in [1.82, 2.24) is 0 Å². The summed E-state index contributed by atoms with van der Waals surface area (Å²) in [4.78, 5) is 0.531. The third-order valence-corrected chi connectivity index (χ3v) is 5.58. The Morgan fingerprint density at radius 2 is 1.95 bits per heavy atom. The molecule has 0 saturated carbocycles. The zero-order valence-corrected chi connectivity index (χ0v) is 13.6. The normalized spacial score (nSPS) is 12.4. The molecule has 0 aliphatic rings. The summed E-state index contributed by atoms with van der Waals surface area (Å²) in [5, 5.41) is 0.960. The van der Waals surface area contributed by atoms with Crippen LogP contribution in [0.5, 0.6) is 0 Å². The van der Waals surface area contributed by atoms with Gasteiger partial charge >= 0.3 is 0 Å². The summed E-state index contributed by atoms with van der Waals surface area (Å²) in [7, 11) is -1.28. The van der Waals surface area contributed by atoms with E-state index in [9.17, 15) is 4.21 Å². The smallest absolute Gasteiger partial charge is 0.0592 e. The largest absolute Gasteiger partial charge is 0.398 e. The number of hydrogen-bond acceptors (Lipinski definition) is 2. The molecule has 2 aromatic carbocycles. The van der Waals surface area contributed by atoms with Crippen LogP contribution < -0.4 is 5.73 Å². The predicted molar refractivity (Wildman–Crippen MR) is 85.1 cm³/mol. The highest BCUT2D eigenvalue weighted by atomic mass is 79.9. The molecule has 0 fully saturated rings. The summed E-state index contributed by atoms with van der Waals surface area (Å²) < 4.78 is 13.1. The van der Waals surface area contributed by atoms with Crippen molar-refractivity contribution < 1.29 is 4.21 Å². The third kappa shape index (κ3) is 3.51.